The van der Waals surface area contributed by atoms with Gasteiger partial charge in [0, 0.05) is 12.0 Å². The minimum absolute atomic E-state index is 0.0266. The van der Waals surface area contributed by atoms with E-state index < -0.39 is 5.82 Å². The smallest absolute Gasteiger partial charge is 0.309 e. The molecule has 8 heteroatoms. The zero-order valence-electron chi connectivity index (χ0n) is 14.6. The number of rotatable bonds is 4. The van der Waals surface area contributed by atoms with Gasteiger partial charge >= 0.3 is 5.97 Å². The SMILES string of the molecule is N#Cc1cccc(-n2nc(-c3ccc(F)c(Cl)c3)nc2CC2CCOC2=O)c1. The maximum atomic E-state index is 13.5. The summed E-state index contributed by atoms with van der Waals surface area (Å²) in [7, 11) is 0. The predicted molar refractivity (Wildman–Crippen MR) is 99.2 cm³/mol. The Hall–Kier alpha value is -3.24. The maximum Gasteiger partial charge on any atom is 0.309 e. The van der Waals surface area contributed by atoms with Gasteiger partial charge in [0.1, 0.15) is 11.6 Å². The second kappa shape index (κ2) is 7.41. The van der Waals surface area contributed by atoms with Crippen molar-refractivity contribution in [2.75, 3.05) is 6.61 Å². The fourth-order valence-electron chi connectivity index (χ4n) is 3.09. The van der Waals surface area contributed by atoms with Crippen molar-refractivity contribution in [1.82, 2.24) is 14.8 Å². The highest BCUT2D eigenvalue weighted by Gasteiger charge is 2.29. The Morgan fingerprint density at radius 3 is 2.89 bits per heavy atom. The van der Waals surface area contributed by atoms with Crippen LogP contribution in [0.4, 0.5) is 4.39 Å². The molecule has 1 atom stereocenters. The predicted octanol–water partition coefficient (Wildman–Crippen LogP) is 3.70. The highest BCUT2D eigenvalue weighted by molar-refractivity contribution is 6.31. The number of aromatic nitrogens is 3. The van der Waals surface area contributed by atoms with Crippen LogP contribution in [0.5, 0.6) is 0 Å². The van der Waals surface area contributed by atoms with Crippen LogP contribution in [0.25, 0.3) is 17.1 Å². The summed E-state index contributed by atoms with van der Waals surface area (Å²) in [6.07, 6.45) is 0.958. The number of benzene rings is 2. The van der Waals surface area contributed by atoms with Gasteiger partial charge in [0.25, 0.3) is 0 Å². The minimum Gasteiger partial charge on any atom is -0.465 e. The van der Waals surface area contributed by atoms with Gasteiger partial charge in [-0.3, -0.25) is 4.79 Å². The molecule has 1 aromatic heterocycles. The normalized spacial score (nSPS) is 16.0. The number of carbonyl (C=O) groups excluding carboxylic acids is 1. The van der Waals surface area contributed by atoms with Crippen molar-refractivity contribution in [3.05, 3.63) is 64.7 Å². The van der Waals surface area contributed by atoms with Crippen molar-refractivity contribution in [2.24, 2.45) is 5.92 Å². The van der Waals surface area contributed by atoms with Crippen LogP contribution in [0.1, 0.15) is 17.8 Å². The lowest BCUT2D eigenvalue weighted by Gasteiger charge is -2.08. The van der Waals surface area contributed by atoms with E-state index in [1.54, 1.807) is 35.0 Å². The van der Waals surface area contributed by atoms with Crippen LogP contribution in [-0.2, 0) is 16.0 Å². The molecule has 140 valence electrons. The summed E-state index contributed by atoms with van der Waals surface area (Å²) in [6.45, 7) is 0.391. The Labute approximate surface area is 165 Å². The molecule has 0 saturated carbocycles. The molecule has 0 bridgehead atoms. The summed E-state index contributed by atoms with van der Waals surface area (Å²) < 4.78 is 20.1. The Kier molecular flexibility index (Phi) is 4.80. The van der Waals surface area contributed by atoms with Gasteiger partial charge in [-0.2, -0.15) is 5.26 Å². The first-order valence-electron chi connectivity index (χ1n) is 8.63. The van der Waals surface area contributed by atoms with Gasteiger partial charge in [0.15, 0.2) is 5.82 Å². The molecule has 1 aliphatic heterocycles. The van der Waals surface area contributed by atoms with Crippen molar-refractivity contribution < 1.29 is 13.9 Å². The summed E-state index contributed by atoms with van der Waals surface area (Å²) in [6, 6.07) is 13.3. The van der Waals surface area contributed by atoms with E-state index in [1.165, 1.54) is 12.1 Å². The molecular formula is C20H14ClFN4O2. The van der Waals surface area contributed by atoms with E-state index in [0.717, 1.165) is 0 Å². The third-order valence-electron chi connectivity index (χ3n) is 4.54. The molecule has 1 unspecified atom stereocenters. The second-order valence-corrected chi connectivity index (χ2v) is 6.82. The first-order valence-corrected chi connectivity index (χ1v) is 9.01. The third-order valence-corrected chi connectivity index (χ3v) is 4.83. The fourth-order valence-corrected chi connectivity index (χ4v) is 3.27. The Bertz CT molecular complexity index is 1110. The number of carbonyl (C=O) groups is 1. The lowest BCUT2D eigenvalue weighted by Crippen LogP contribution is -2.14. The molecule has 1 aliphatic rings. The monoisotopic (exact) mass is 396 g/mol. The number of hydrogen-bond donors (Lipinski definition) is 0. The van der Waals surface area contributed by atoms with Gasteiger partial charge in [-0.05, 0) is 42.8 Å². The molecule has 0 amide bonds. The third kappa shape index (κ3) is 3.47. The molecule has 3 aromatic rings. The van der Waals surface area contributed by atoms with E-state index in [1.807, 2.05) is 0 Å². The van der Waals surface area contributed by atoms with Crippen LogP contribution in [0, 0.1) is 23.1 Å². The summed E-state index contributed by atoms with van der Waals surface area (Å²) in [5.41, 5.74) is 1.68. The van der Waals surface area contributed by atoms with Gasteiger partial charge in [-0.1, -0.05) is 17.7 Å². The molecule has 0 radical (unpaired) electrons. The Balaban J connectivity index is 1.79. The number of nitriles is 1. The van der Waals surface area contributed by atoms with Gasteiger partial charge in [0.2, 0.25) is 0 Å². The van der Waals surface area contributed by atoms with Gasteiger partial charge in [0.05, 0.1) is 34.9 Å². The standard InChI is InChI=1S/C20H14ClFN4O2/c21-16-9-13(4-5-17(16)22)19-24-18(10-14-6-7-28-20(14)27)26(25-19)15-3-1-2-12(8-15)11-23/h1-5,8-9,14H,6-7,10H2. The summed E-state index contributed by atoms with van der Waals surface area (Å²) >= 11 is 5.89. The minimum atomic E-state index is -0.527. The molecule has 28 heavy (non-hydrogen) atoms. The van der Waals surface area contributed by atoms with Crippen LogP contribution in [-0.4, -0.2) is 27.3 Å². The van der Waals surface area contributed by atoms with E-state index in [-0.39, 0.29) is 16.9 Å². The molecule has 6 nitrogen and oxygen atoms in total. The molecular weight excluding hydrogens is 383 g/mol. The summed E-state index contributed by atoms with van der Waals surface area (Å²) in [5.74, 6) is -0.182. The number of cyclic esters (lactones) is 1. The van der Waals surface area contributed by atoms with E-state index in [0.29, 0.717) is 47.9 Å². The number of esters is 1. The van der Waals surface area contributed by atoms with E-state index in [4.69, 9.17) is 16.3 Å². The first-order chi connectivity index (χ1) is 13.5. The molecule has 0 spiro atoms. The Morgan fingerprint density at radius 2 is 2.18 bits per heavy atom. The molecule has 2 aromatic carbocycles. The lowest BCUT2D eigenvalue weighted by molar-refractivity contribution is -0.141. The number of nitrogens with zero attached hydrogens (tertiary/aromatic N) is 4. The average molecular weight is 397 g/mol. The number of hydrogen-bond acceptors (Lipinski definition) is 5. The zero-order valence-corrected chi connectivity index (χ0v) is 15.4. The average Bonchev–Trinajstić information content (AvgIpc) is 3.31. The van der Waals surface area contributed by atoms with Crippen molar-refractivity contribution in [1.29, 1.82) is 5.26 Å². The van der Waals surface area contributed by atoms with Crippen molar-refractivity contribution >= 4 is 17.6 Å². The van der Waals surface area contributed by atoms with Crippen molar-refractivity contribution in [3.63, 3.8) is 0 Å². The van der Waals surface area contributed by atoms with E-state index in [2.05, 4.69) is 16.2 Å². The molecule has 0 aliphatic carbocycles. The quantitative estimate of drug-likeness (QED) is 0.628. The van der Waals surface area contributed by atoms with E-state index in [9.17, 15) is 14.4 Å². The molecule has 4 rings (SSSR count). The summed E-state index contributed by atoms with van der Waals surface area (Å²) in [5, 5.41) is 13.7. The highest BCUT2D eigenvalue weighted by Crippen LogP contribution is 2.26. The highest BCUT2D eigenvalue weighted by atomic mass is 35.5. The largest absolute Gasteiger partial charge is 0.465 e. The van der Waals surface area contributed by atoms with Crippen LogP contribution < -0.4 is 0 Å². The van der Waals surface area contributed by atoms with E-state index >= 15 is 0 Å². The lowest BCUT2D eigenvalue weighted by atomic mass is 10.0. The van der Waals surface area contributed by atoms with Crippen molar-refractivity contribution in [3.8, 4) is 23.1 Å². The Morgan fingerprint density at radius 1 is 1.32 bits per heavy atom. The topological polar surface area (TPSA) is 80.8 Å². The zero-order chi connectivity index (χ0) is 19.7. The molecule has 1 fully saturated rings. The van der Waals surface area contributed by atoms with Crippen molar-refractivity contribution in [2.45, 2.75) is 12.8 Å². The van der Waals surface area contributed by atoms with Gasteiger partial charge < -0.3 is 4.74 Å². The number of ether oxygens (including phenoxy) is 1. The first kappa shape index (κ1) is 18.1. The fraction of sp³-hybridized carbons (Fsp3) is 0.200. The molecule has 0 N–H and O–H groups in total. The van der Waals surface area contributed by atoms with Gasteiger partial charge in [-0.15, -0.1) is 5.10 Å². The maximum absolute atomic E-state index is 13.5. The number of halogens is 2. The summed E-state index contributed by atoms with van der Waals surface area (Å²) in [4.78, 5) is 16.5. The second-order valence-electron chi connectivity index (χ2n) is 6.41. The van der Waals surface area contributed by atoms with Crippen LogP contribution >= 0.6 is 11.6 Å². The van der Waals surface area contributed by atoms with Crippen LogP contribution in [0.2, 0.25) is 5.02 Å². The molecule has 2 heterocycles. The molecule has 1 saturated heterocycles. The van der Waals surface area contributed by atoms with Gasteiger partial charge in [-0.25, -0.2) is 14.1 Å². The van der Waals surface area contributed by atoms with Crippen LogP contribution in [0.15, 0.2) is 42.5 Å². The van der Waals surface area contributed by atoms with Crippen LogP contribution in [0.3, 0.4) is 0 Å².